The summed E-state index contributed by atoms with van der Waals surface area (Å²) in [6.07, 6.45) is 3.63. The number of nitrogens with zero attached hydrogens (tertiary/aromatic N) is 1. The van der Waals surface area contributed by atoms with E-state index in [-0.39, 0.29) is 0 Å². The van der Waals surface area contributed by atoms with Crippen molar-refractivity contribution in [2.24, 2.45) is 5.73 Å². The van der Waals surface area contributed by atoms with Gasteiger partial charge in [-0.3, -0.25) is 4.98 Å². The van der Waals surface area contributed by atoms with Crippen LogP contribution in [-0.4, -0.2) is 4.98 Å². The molecule has 1 heterocycles. The van der Waals surface area contributed by atoms with Gasteiger partial charge in [0.15, 0.2) is 0 Å². The van der Waals surface area contributed by atoms with Gasteiger partial charge in [0, 0.05) is 18.9 Å². The standard InChI is InChI=1S/C12H12N2/c13-8-10-3-1-4-11(7-10)12-5-2-6-14-9-12/h1-7,9H,8,13H2. The second-order valence-electron chi connectivity index (χ2n) is 3.15. The summed E-state index contributed by atoms with van der Waals surface area (Å²) in [7, 11) is 0. The molecule has 2 N–H and O–H groups in total. The van der Waals surface area contributed by atoms with Crippen LogP contribution in [0.4, 0.5) is 0 Å². The molecular weight excluding hydrogens is 172 g/mol. The van der Waals surface area contributed by atoms with Crippen molar-refractivity contribution >= 4 is 0 Å². The highest BCUT2D eigenvalue weighted by atomic mass is 14.6. The van der Waals surface area contributed by atoms with E-state index in [2.05, 4.69) is 17.1 Å². The Bertz CT molecular complexity index is 410. The van der Waals surface area contributed by atoms with E-state index in [1.807, 2.05) is 30.5 Å². The van der Waals surface area contributed by atoms with Gasteiger partial charge in [0.2, 0.25) is 0 Å². The van der Waals surface area contributed by atoms with Gasteiger partial charge in [0.05, 0.1) is 0 Å². The average Bonchev–Trinajstić information content (AvgIpc) is 2.30. The van der Waals surface area contributed by atoms with Crippen LogP contribution in [0.15, 0.2) is 48.8 Å². The lowest BCUT2D eigenvalue weighted by Crippen LogP contribution is -1.95. The fraction of sp³-hybridized carbons (Fsp3) is 0.0833. The summed E-state index contributed by atoms with van der Waals surface area (Å²) in [5.74, 6) is 0. The third kappa shape index (κ3) is 1.80. The smallest absolute Gasteiger partial charge is 0.0346 e. The maximum absolute atomic E-state index is 5.58. The van der Waals surface area contributed by atoms with Crippen LogP contribution in [0, 0.1) is 0 Å². The lowest BCUT2D eigenvalue weighted by Gasteiger charge is -2.02. The van der Waals surface area contributed by atoms with E-state index in [1.54, 1.807) is 6.20 Å². The lowest BCUT2D eigenvalue weighted by molar-refractivity contribution is 1.07. The van der Waals surface area contributed by atoms with E-state index in [4.69, 9.17) is 5.73 Å². The van der Waals surface area contributed by atoms with E-state index in [1.165, 1.54) is 5.56 Å². The molecule has 2 rings (SSSR count). The van der Waals surface area contributed by atoms with Crippen molar-refractivity contribution in [2.75, 3.05) is 0 Å². The van der Waals surface area contributed by atoms with Crippen LogP contribution in [0.5, 0.6) is 0 Å². The van der Waals surface area contributed by atoms with E-state index in [9.17, 15) is 0 Å². The Morgan fingerprint density at radius 1 is 1.07 bits per heavy atom. The number of rotatable bonds is 2. The largest absolute Gasteiger partial charge is 0.326 e. The van der Waals surface area contributed by atoms with Gasteiger partial charge in [-0.2, -0.15) is 0 Å². The molecule has 2 aromatic rings. The van der Waals surface area contributed by atoms with Crippen molar-refractivity contribution in [3.05, 3.63) is 54.4 Å². The Morgan fingerprint density at radius 3 is 2.64 bits per heavy atom. The fourth-order valence-electron chi connectivity index (χ4n) is 1.41. The lowest BCUT2D eigenvalue weighted by atomic mass is 10.1. The van der Waals surface area contributed by atoms with Crippen LogP contribution in [0.25, 0.3) is 11.1 Å². The summed E-state index contributed by atoms with van der Waals surface area (Å²) < 4.78 is 0. The maximum Gasteiger partial charge on any atom is 0.0346 e. The minimum Gasteiger partial charge on any atom is -0.326 e. The molecule has 1 aromatic heterocycles. The first-order valence-corrected chi connectivity index (χ1v) is 4.59. The van der Waals surface area contributed by atoms with E-state index >= 15 is 0 Å². The molecule has 0 aliphatic rings. The van der Waals surface area contributed by atoms with Crippen molar-refractivity contribution < 1.29 is 0 Å². The van der Waals surface area contributed by atoms with Gasteiger partial charge >= 0.3 is 0 Å². The Kier molecular flexibility index (Phi) is 2.56. The molecule has 0 fully saturated rings. The molecule has 0 bridgehead atoms. The maximum atomic E-state index is 5.58. The second-order valence-corrected chi connectivity index (χ2v) is 3.15. The Labute approximate surface area is 83.4 Å². The molecule has 0 amide bonds. The zero-order valence-corrected chi connectivity index (χ0v) is 7.85. The van der Waals surface area contributed by atoms with E-state index in [0.717, 1.165) is 11.1 Å². The van der Waals surface area contributed by atoms with Crippen LogP contribution in [0.2, 0.25) is 0 Å². The number of pyridine rings is 1. The van der Waals surface area contributed by atoms with Crippen LogP contribution >= 0.6 is 0 Å². The summed E-state index contributed by atoms with van der Waals surface area (Å²) in [5, 5.41) is 0. The second kappa shape index (κ2) is 4.03. The predicted molar refractivity (Wildman–Crippen MR) is 57.6 cm³/mol. The molecule has 0 saturated heterocycles. The topological polar surface area (TPSA) is 38.9 Å². The molecule has 2 heteroatoms. The van der Waals surface area contributed by atoms with Gasteiger partial charge in [0.25, 0.3) is 0 Å². The summed E-state index contributed by atoms with van der Waals surface area (Å²) in [4.78, 5) is 4.09. The van der Waals surface area contributed by atoms with E-state index in [0.29, 0.717) is 6.54 Å². The van der Waals surface area contributed by atoms with Crippen LogP contribution < -0.4 is 5.73 Å². The minimum absolute atomic E-state index is 0.577. The van der Waals surface area contributed by atoms with Crippen molar-refractivity contribution in [2.45, 2.75) is 6.54 Å². The first-order chi connectivity index (χ1) is 6.90. The van der Waals surface area contributed by atoms with Crippen molar-refractivity contribution in [3.63, 3.8) is 0 Å². The Balaban J connectivity index is 2.42. The molecule has 0 aliphatic carbocycles. The molecular formula is C12H12N2. The minimum atomic E-state index is 0.577. The first kappa shape index (κ1) is 8.91. The average molecular weight is 184 g/mol. The monoisotopic (exact) mass is 184 g/mol. The number of hydrogen-bond donors (Lipinski definition) is 1. The summed E-state index contributed by atoms with van der Waals surface area (Å²) in [6.45, 7) is 0.577. The quantitative estimate of drug-likeness (QED) is 0.777. The first-order valence-electron chi connectivity index (χ1n) is 4.59. The molecule has 0 radical (unpaired) electrons. The van der Waals surface area contributed by atoms with Crippen molar-refractivity contribution in [3.8, 4) is 11.1 Å². The predicted octanol–water partition coefficient (Wildman–Crippen LogP) is 2.21. The number of hydrogen-bond acceptors (Lipinski definition) is 2. The molecule has 0 atom stereocenters. The zero-order valence-electron chi connectivity index (χ0n) is 7.85. The SMILES string of the molecule is NCc1cccc(-c2cccnc2)c1. The third-order valence-corrected chi connectivity index (χ3v) is 2.16. The molecule has 0 spiro atoms. The van der Waals surface area contributed by atoms with Gasteiger partial charge in [-0.05, 0) is 28.8 Å². The van der Waals surface area contributed by atoms with Crippen LogP contribution in [-0.2, 0) is 6.54 Å². The Hall–Kier alpha value is -1.67. The number of nitrogens with two attached hydrogens (primary N) is 1. The molecule has 14 heavy (non-hydrogen) atoms. The van der Waals surface area contributed by atoms with Crippen molar-refractivity contribution in [1.82, 2.24) is 4.98 Å². The third-order valence-electron chi connectivity index (χ3n) is 2.16. The van der Waals surface area contributed by atoms with Crippen LogP contribution in [0.1, 0.15) is 5.56 Å². The normalized spacial score (nSPS) is 10.1. The van der Waals surface area contributed by atoms with Gasteiger partial charge < -0.3 is 5.73 Å². The number of benzene rings is 1. The molecule has 70 valence electrons. The molecule has 0 saturated carbocycles. The number of aromatic nitrogens is 1. The van der Waals surface area contributed by atoms with Gasteiger partial charge in [-0.15, -0.1) is 0 Å². The van der Waals surface area contributed by atoms with Gasteiger partial charge in [0.1, 0.15) is 0 Å². The highest BCUT2D eigenvalue weighted by Gasteiger charge is 1.97. The fourth-order valence-corrected chi connectivity index (χ4v) is 1.41. The summed E-state index contributed by atoms with van der Waals surface area (Å²) >= 11 is 0. The highest BCUT2D eigenvalue weighted by Crippen LogP contribution is 2.18. The highest BCUT2D eigenvalue weighted by molar-refractivity contribution is 5.62. The molecule has 2 nitrogen and oxygen atoms in total. The molecule has 1 aromatic carbocycles. The zero-order chi connectivity index (χ0) is 9.80. The molecule has 0 aliphatic heterocycles. The summed E-state index contributed by atoms with van der Waals surface area (Å²) in [5.41, 5.74) is 9.02. The van der Waals surface area contributed by atoms with Gasteiger partial charge in [-0.1, -0.05) is 24.3 Å². The molecule has 0 unspecified atom stereocenters. The summed E-state index contributed by atoms with van der Waals surface area (Å²) in [6, 6.07) is 12.2. The van der Waals surface area contributed by atoms with Crippen LogP contribution in [0.3, 0.4) is 0 Å². The Morgan fingerprint density at radius 2 is 1.93 bits per heavy atom. The van der Waals surface area contributed by atoms with Crippen molar-refractivity contribution in [1.29, 1.82) is 0 Å². The van der Waals surface area contributed by atoms with Gasteiger partial charge in [-0.25, -0.2) is 0 Å². The van der Waals surface area contributed by atoms with E-state index < -0.39 is 0 Å².